The van der Waals surface area contributed by atoms with Crippen LogP contribution in [-0.2, 0) is 11.3 Å². The number of pyridine rings is 1. The Morgan fingerprint density at radius 1 is 0.972 bits per heavy atom. The number of nitrogens with one attached hydrogen (secondary N) is 2. The summed E-state index contributed by atoms with van der Waals surface area (Å²) in [5, 5.41) is 5.42. The number of para-hydroxylation sites is 2. The van der Waals surface area contributed by atoms with E-state index in [1.807, 2.05) is 31.0 Å². The van der Waals surface area contributed by atoms with Crippen LogP contribution in [0.3, 0.4) is 0 Å². The van der Waals surface area contributed by atoms with Crippen molar-refractivity contribution in [2.75, 3.05) is 38.2 Å². The van der Waals surface area contributed by atoms with Gasteiger partial charge in [-0.15, -0.1) is 0 Å². The Bertz CT molecular complexity index is 1220. The molecule has 0 saturated carbocycles. The second-order valence-electron chi connectivity index (χ2n) is 8.44. The van der Waals surface area contributed by atoms with Gasteiger partial charge in [0.25, 0.3) is 5.91 Å². The molecular weight excluding hydrogens is 456 g/mol. The van der Waals surface area contributed by atoms with Gasteiger partial charge in [0.15, 0.2) is 5.94 Å². The van der Waals surface area contributed by atoms with Crippen LogP contribution < -0.4 is 16.4 Å². The van der Waals surface area contributed by atoms with E-state index in [-0.39, 0.29) is 23.8 Å². The molecule has 0 aliphatic heterocycles. The lowest BCUT2D eigenvalue weighted by molar-refractivity contribution is 0.102. The molecule has 0 unspecified atom stereocenters. The third kappa shape index (κ3) is 7.53. The highest BCUT2D eigenvalue weighted by atomic mass is 16.2. The molecule has 3 amide bonds. The average molecular weight is 487 g/mol. The molecule has 186 valence electrons. The zero-order valence-electron chi connectivity index (χ0n) is 20.4. The average Bonchev–Trinajstić information content (AvgIpc) is 2.88. The Balaban J connectivity index is 1.70. The Hall–Kier alpha value is -4.46. The SMILES string of the molecule is CN(C)CCCN(Cc1ccc(C(=O)Nc2ccccc2N)nc1)C(=O)NC(=C=O)c1ccccc1. The summed E-state index contributed by atoms with van der Waals surface area (Å²) >= 11 is 0. The van der Waals surface area contributed by atoms with Crippen molar-refractivity contribution in [3.8, 4) is 0 Å². The molecule has 0 radical (unpaired) electrons. The number of carbonyl (C=O) groups is 2. The van der Waals surface area contributed by atoms with Crippen LogP contribution >= 0.6 is 0 Å². The number of carbonyl (C=O) groups excluding carboxylic acids is 3. The van der Waals surface area contributed by atoms with Gasteiger partial charge in [-0.2, -0.15) is 0 Å². The Kier molecular flexibility index (Phi) is 9.33. The fourth-order valence-corrected chi connectivity index (χ4v) is 3.45. The highest BCUT2D eigenvalue weighted by molar-refractivity contribution is 6.04. The van der Waals surface area contributed by atoms with Crippen molar-refractivity contribution in [1.82, 2.24) is 20.1 Å². The van der Waals surface area contributed by atoms with Crippen molar-refractivity contribution in [2.24, 2.45) is 0 Å². The van der Waals surface area contributed by atoms with Crippen molar-refractivity contribution in [2.45, 2.75) is 13.0 Å². The molecule has 0 aliphatic rings. The maximum atomic E-state index is 13.1. The van der Waals surface area contributed by atoms with Gasteiger partial charge >= 0.3 is 6.03 Å². The maximum Gasteiger partial charge on any atom is 0.322 e. The van der Waals surface area contributed by atoms with E-state index in [4.69, 9.17) is 5.73 Å². The van der Waals surface area contributed by atoms with Gasteiger partial charge in [0.05, 0.1) is 11.4 Å². The van der Waals surface area contributed by atoms with Gasteiger partial charge in [-0.05, 0) is 50.8 Å². The lowest BCUT2D eigenvalue weighted by Gasteiger charge is -2.24. The summed E-state index contributed by atoms with van der Waals surface area (Å²) in [7, 11) is 3.92. The molecule has 0 saturated heterocycles. The molecule has 4 N–H and O–H groups in total. The van der Waals surface area contributed by atoms with Crippen molar-refractivity contribution in [3.63, 3.8) is 0 Å². The van der Waals surface area contributed by atoms with Gasteiger partial charge < -0.3 is 20.9 Å². The summed E-state index contributed by atoms with van der Waals surface area (Å²) < 4.78 is 0. The number of aromatic nitrogens is 1. The van der Waals surface area contributed by atoms with E-state index in [0.717, 1.165) is 18.5 Å². The first kappa shape index (κ1) is 26.2. The number of hydrogen-bond acceptors (Lipinski definition) is 6. The fraction of sp³-hybridized carbons (Fsp3) is 0.222. The Morgan fingerprint density at radius 2 is 1.69 bits per heavy atom. The van der Waals surface area contributed by atoms with E-state index < -0.39 is 6.03 Å². The summed E-state index contributed by atoms with van der Waals surface area (Å²) in [5.74, 6) is 1.43. The van der Waals surface area contributed by atoms with Gasteiger partial charge in [-0.1, -0.05) is 48.5 Å². The number of benzene rings is 2. The quantitative estimate of drug-likeness (QED) is 0.299. The molecule has 1 heterocycles. The normalized spacial score (nSPS) is 10.4. The summed E-state index contributed by atoms with van der Waals surface area (Å²) in [6.07, 6.45) is 2.29. The third-order valence-corrected chi connectivity index (χ3v) is 5.36. The molecule has 0 atom stereocenters. The van der Waals surface area contributed by atoms with E-state index >= 15 is 0 Å². The molecule has 1 aromatic heterocycles. The molecule has 2 aromatic carbocycles. The van der Waals surface area contributed by atoms with Crippen molar-refractivity contribution < 1.29 is 14.4 Å². The third-order valence-electron chi connectivity index (χ3n) is 5.36. The second kappa shape index (κ2) is 12.9. The topological polar surface area (TPSA) is 121 Å². The van der Waals surface area contributed by atoms with Crippen LogP contribution in [0.15, 0.2) is 72.9 Å². The van der Waals surface area contributed by atoms with Crippen LogP contribution in [0, 0.1) is 0 Å². The molecule has 3 aromatic rings. The Morgan fingerprint density at radius 3 is 2.33 bits per heavy atom. The Labute approximate surface area is 210 Å². The fourth-order valence-electron chi connectivity index (χ4n) is 3.45. The van der Waals surface area contributed by atoms with Crippen LogP contribution in [0.25, 0.3) is 5.70 Å². The number of anilines is 2. The number of hydrogen-bond donors (Lipinski definition) is 3. The van der Waals surface area contributed by atoms with Crippen LogP contribution in [0.2, 0.25) is 0 Å². The van der Waals surface area contributed by atoms with E-state index in [1.165, 1.54) is 0 Å². The molecule has 3 rings (SSSR count). The molecule has 0 spiro atoms. The second-order valence-corrected chi connectivity index (χ2v) is 8.44. The first-order chi connectivity index (χ1) is 17.4. The number of rotatable bonds is 10. The largest absolute Gasteiger partial charge is 0.397 e. The molecule has 0 aliphatic carbocycles. The van der Waals surface area contributed by atoms with Crippen molar-refractivity contribution >= 4 is 35.0 Å². The number of nitrogen functional groups attached to an aromatic ring is 1. The number of urea groups is 1. The van der Waals surface area contributed by atoms with Crippen LogP contribution in [0.5, 0.6) is 0 Å². The predicted molar refractivity (Wildman–Crippen MR) is 141 cm³/mol. The molecule has 36 heavy (non-hydrogen) atoms. The predicted octanol–water partition coefficient (Wildman–Crippen LogP) is 3.25. The zero-order chi connectivity index (χ0) is 25.9. The van der Waals surface area contributed by atoms with E-state index in [2.05, 4.69) is 15.6 Å². The standard InChI is InChI=1S/C27H30N6O3/c1-32(2)15-8-16-33(27(36)31-25(19-34)21-9-4-3-5-10-21)18-20-13-14-24(29-17-20)26(35)30-23-12-7-6-11-22(23)28/h3-7,9-14,17H,8,15-16,18,28H2,1-2H3,(H,30,35)(H,31,36). The van der Waals surface area contributed by atoms with Crippen molar-refractivity contribution in [1.29, 1.82) is 0 Å². The van der Waals surface area contributed by atoms with Gasteiger partial charge in [0, 0.05) is 24.8 Å². The van der Waals surface area contributed by atoms with Gasteiger partial charge in [-0.25, -0.2) is 9.59 Å². The monoisotopic (exact) mass is 486 g/mol. The zero-order valence-corrected chi connectivity index (χ0v) is 20.4. The first-order valence-electron chi connectivity index (χ1n) is 11.5. The lowest BCUT2D eigenvalue weighted by atomic mass is 10.2. The van der Waals surface area contributed by atoms with Gasteiger partial charge in [0.2, 0.25) is 0 Å². The molecule has 0 bridgehead atoms. The highest BCUT2D eigenvalue weighted by Gasteiger charge is 2.17. The number of nitrogens with two attached hydrogens (primary N) is 1. The minimum Gasteiger partial charge on any atom is -0.397 e. The summed E-state index contributed by atoms with van der Waals surface area (Å²) in [6, 6.07) is 18.7. The van der Waals surface area contributed by atoms with Gasteiger partial charge in [0.1, 0.15) is 11.4 Å². The smallest absolute Gasteiger partial charge is 0.322 e. The minimum atomic E-state index is -0.419. The van der Waals surface area contributed by atoms with E-state index in [1.54, 1.807) is 71.8 Å². The number of amides is 3. The summed E-state index contributed by atoms with van der Waals surface area (Å²) in [4.78, 5) is 45.1. The van der Waals surface area contributed by atoms with Crippen LogP contribution in [-0.4, -0.2) is 59.8 Å². The molecule has 9 heteroatoms. The van der Waals surface area contributed by atoms with E-state index in [9.17, 15) is 14.4 Å². The van der Waals surface area contributed by atoms with Gasteiger partial charge in [-0.3, -0.25) is 15.1 Å². The lowest BCUT2D eigenvalue weighted by Crippen LogP contribution is -2.40. The van der Waals surface area contributed by atoms with Crippen molar-refractivity contribution in [3.05, 3.63) is 89.7 Å². The van der Waals surface area contributed by atoms with Crippen LogP contribution in [0.1, 0.15) is 28.0 Å². The maximum absolute atomic E-state index is 13.1. The summed E-state index contributed by atoms with van der Waals surface area (Å²) in [5.41, 5.74) is 8.46. The first-order valence-corrected chi connectivity index (χ1v) is 11.5. The molecule has 9 nitrogen and oxygen atoms in total. The van der Waals surface area contributed by atoms with E-state index in [0.29, 0.717) is 23.5 Å². The van der Waals surface area contributed by atoms with Crippen LogP contribution in [0.4, 0.5) is 16.2 Å². The molecular formula is C27H30N6O3. The minimum absolute atomic E-state index is 0.0727. The molecule has 0 fully saturated rings. The summed E-state index contributed by atoms with van der Waals surface area (Å²) in [6.45, 7) is 1.50. The number of nitrogens with zero attached hydrogens (tertiary/aromatic N) is 3. The highest BCUT2D eigenvalue weighted by Crippen LogP contribution is 2.18.